The molecule has 2 N–H and O–H groups in total. The molecule has 0 spiro atoms. The van der Waals surface area contributed by atoms with Crippen LogP contribution in [-0.4, -0.2) is 61.5 Å². The summed E-state index contributed by atoms with van der Waals surface area (Å²) in [6.07, 6.45) is 0.122. The van der Waals surface area contributed by atoms with Crippen LogP contribution in [0.1, 0.15) is 125 Å². The predicted octanol–water partition coefficient (Wildman–Crippen LogP) is 10.9. The van der Waals surface area contributed by atoms with Gasteiger partial charge in [-0.2, -0.15) is 0 Å². The lowest BCUT2D eigenvalue weighted by Gasteiger charge is -2.06. The van der Waals surface area contributed by atoms with Crippen LogP contribution in [0.5, 0.6) is 0 Å². The van der Waals surface area contributed by atoms with Crippen molar-refractivity contribution < 1.29 is 47.9 Å². The highest BCUT2D eigenvalue weighted by molar-refractivity contribution is 7.32. The molecule has 0 rings (SSSR count). The number of carbonyl (C=O) groups excluding carboxylic acids is 3. The van der Waals surface area contributed by atoms with E-state index in [1.807, 2.05) is 0 Å². The molecule has 0 aromatic heterocycles. The average molecular weight is 681 g/mol. The fraction of sp³-hybridized carbons (Fsp3) is 0.710. The molecule has 0 aromatic carbocycles. The smallest absolute Gasteiger partial charge is 0.335 e. The summed E-state index contributed by atoms with van der Waals surface area (Å²) < 4.78 is 22.9. The Morgan fingerprint density at radius 2 is 0.884 bits per heavy atom. The Kier molecular flexibility index (Phi) is 221. The van der Waals surface area contributed by atoms with Gasteiger partial charge in [-0.05, 0) is 20.8 Å². The minimum atomic E-state index is -0.510. The first-order valence-electron chi connectivity index (χ1n) is 7.85. The summed E-state index contributed by atoms with van der Waals surface area (Å²) in [4.78, 5) is 32.0. The molecule has 0 aliphatic rings. The highest BCUT2D eigenvalue weighted by atomic mass is 31.1. The van der Waals surface area contributed by atoms with Crippen LogP contribution in [0.15, 0.2) is 36.5 Å². The molecule has 0 aromatic rings. The molecule has 0 bridgehead atoms. The largest absolute Gasteiger partial charge is 0.466 e. The summed E-state index contributed by atoms with van der Waals surface area (Å²) >= 11 is 0. The number of aliphatic hydroxyl groups excluding tert-OH is 2. The third kappa shape index (κ3) is 100. The Morgan fingerprint density at radius 3 is 1.09 bits per heavy atom. The minimum absolute atomic E-state index is 0. The highest BCUT2D eigenvalue weighted by Crippen LogP contribution is 2.12. The second-order valence-electron chi connectivity index (χ2n) is 4.82. The maximum Gasteiger partial charge on any atom is 0.335 e. The molecule has 0 heterocycles. The average Bonchev–Trinajstić information content (AvgIpc) is 2.68. The van der Waals surface area contributed by atoms with E-state index >= 15 is 0 Å². The summed E-state index contributed by atoms with van der Waals surface area (Å²) in [7, 11) is 1.27. The van der Waals surface area contributed by atoms with E-state index in [1.165, 1.54) is 7.11 Å². The number of carbonyl (C=O) groups is 3. The Hall–Kier alpha value is -1.67. The van der Waals surface area contributed by atoms with Crippen molar-refractivity contribution in [2.24, 2.45) is 0 Å². The van der Waals surface area contributed by atoms with Crippen molar-refractivity contribution >= 4 is 35.5 Å². The minimum Gasteiger partial charge on any atom is -0.466 e. The van der Waals surface area contributed by atoms with Gasteiger partial charge in [-0.1, -0.05) is 124 Å². The molecule has 0 aliphatic carbocycles. The molecule has 0 aliphatic heterocycles. The van der Waals surface area contributed by atoms with Gasteiger partial charge in [0, 0.05) is 25.5 Å². The number of hydrogen-bond donors (Lipinski definition) is 2. The van der Waals surface area contributed by atoms with Gasteiger partial charge in [0.2, 0.25) is 0 Å². The van der Waals surface area contributed by atoms with Crippen LogP contribution in [0.2, 0.25) is 0 Å². The van der Waals surface area contributed by atoms with Crippen molar-refractivity contribution in [3.8, 4) is 0 Å². The molecular weight excluding hydrogens is 594 g/mol. The zero-order chi connectivity index (χ0) is 23.2. The summed E-state index contributed by atoms with van der Waals surface area (Å²) in [5, 5.41) is 15.8. The van der Waals surface area contributed by atoms with Crippen LogP contribution in [0.25, 0.3) is 0 Å². The molecule has 0 saturated heterocycles. The van der Waals surface area contributed by atoms with Gasteiger partial charge < -0.3 is 33.5 Å². The lowest BCUT2D eigenvalue weighted by atomic mass is 10.4. The quantitative estimate of drug-likeness (QED) is 0.0541. The van der Waals surface area contributed by atoms with E-state index in [0.717, 1.165) is 0 Å². The molecule has 10 nitrogen and oxygen atoms in total. The number of rotatable bonds is 11. The molecule has 2 unspecified atom stereocenters. The summed E-state index contributed by atoms with van der Waals surface area (Å²) in [5.74, 6) is -1.32. The van der Waals surface area contributed by atoms with E-state index in [2.05, 4.69) is 33.7 Å². The molecule has 0 saturated carbocycles. The molecule has 43 heavy (non-hydrogen) atoms. The van der Waals surface area contributed by atoms with Crippen LogP contribution >= 0.6 is 17.6 Å². The maximum atomic E-state index is 10.9. The van der Waals surface area contributed by atoms with E-state index < -0.39 is 11.9 Å². The van der Waals surface area contributed by atoms with Crippen molar-refractivity contribution in [1.82, 2.24) is 0 Å². The molecule has 0 amide bonds. The summed E-state index contributed by atoms with van der Waals surface area (Å²) in [6, 6.07) is 0. The fourth-order valence-electron chi connectivity index (χ4n) is 0.773. The standard InChI is InChI=1S/C10H15O5P.C5H8O2.C2H7O3P.14CH4/c1-7(2)9(11)13-5-15-16-6-14-10(12)8(3)4;1-4(2)5(6)7-3;3-1-5-6-2-4;;;;;;;;;;;;;;/h16H,1,3,5-6H2,2,4H3;1H2,2-3H3;3-4,6H,1-2H2;14*1H4. The van der Waals surface area contributed by atoms with Crippen molar-refractivity contribution in [1.29, 1.82) is 0 Å². The van der Waals surface area contributed by atoms with Gasteiger partial charge in [0.15, 0.2) is 6.79 Å². The van der Waals surface area contributed by atoms with Crippen molar-refractivity contribution in [2.45, 2.75) is 125 Å². The first kappa shape index (κ1) is 114. The van der Waals surface area contributed by atoms with E-state index in [0.29, 0.717) is 16.7 Å². The van der Waals surface area contributed by atoms with Crippen LogP contribution in [0.4, 0.5) is 0 Å². The van der Waals surface area contributed by atoms with Crippen molar-refractivity contribution in [3.63, 3.8) is 0 Å². The maximum absolute atomic E-state index is 10.9. The molecule has 280 valence electrons. The van der Waals surface area contributed by atoms with Crippen LogP contribution in [0.3, 0.4) is 0 Å². The monoisotopic (exact) mass is 681 g/mol. The number of hydrogen-bond acceptors (Lipinski definition) is 10. The van der Waals surface area contributed by atoms with E-state index in [4.69, 9.17) is 19.5 Å². The fourth-order valence-corrected chi connectivity index (χ4v) is 1.37. The van der Waals surface area contributed by atoms with Crippen molar-refractivity contribution in [2.75, 3.05) is 33.4 Å². The first-order chi connectivity index (χ1) is 13.5. The Bertz CT molecular complexity index is 509. The van der Waals surface area contributed by atoms with Crippen molar-refractivity contribution in [3.05, 3.63) is 36.5 Å². The zero-order valence-corrected chi connectivity index (χ0v) is 19.1. The second kappa shape index (κ2) is 83.5. The molecule has 2 atom stereocenters. The van der Waals surface area contributed by atoms with E-state index in [9.17, 15) is 14.4 Å². The van der Waals surface area contributed by atoms with Gasteiger partial charge in [0.25, 0.3) is 0 Å². The van der Waals surface area contributed by atoms with Gasteiger partial charge in [-0.3, -0.25) is 0 Å². The third-order valence-electron chi connectivity index (χ3n) is 2.08. The second-order valence-corrected chi connectivity index (χ2v) is 6.58. The molecular formula is C31H86O10P2. The number of methoxy groups -OCH3 is 1. The summed E-state index contributed by atoms with van der Waals surface area (Å²) in [6.45, 7) is 14.4. The Morgan fingerprint density at radius 1 is 0.558 bits per heavy atom. The van der Waals surface area contributed by atoms with Gasteiger partial charge >= 0.3 is 17.9 Å². The lowest BCUT2D eigenvalue weighted by molar-refractivity contribution is -0.145. The third-order valence-corrected chi connectivity index (χ3v) is 3.12. The topological polar surface area (TPSA) is 138 Å². The number of aliphatic hydroxyl groups is 2. The van der Waals surface area contributed by atoms with E-state index in [1.54, 1.807) is 20.8 Å². The van der Waals surface area contributed by atoms with Crippen LogP contribution in [-0.2, 0) is 37.6 Å². The zero-order valence-electron chi connectivity index (χ0n) is 17.1. The SMILES string of the molecule is C.C.C.C.C.C.C.C.C.C.C.C.C.C.C=C(C)C(=O)OC.C=C(C)C(=O)OCOPCOC(=O)C(=C)C.OCOPCO. The summed E-state index contributed by atoms with van der Waals surface area (Å²) in [5.41, 5.74) is 1.07. The lowest BCUT2D eigenvalue weighted by Crippen LogP contribution is -2.07. The van der Waals surface area contributed by atoms with Crippen LogP contribution < -0.4 is 0 Å². The Labute approximate surface area is 277 Å². The predicted molar refractivity (Wildman–Crippen MR) is 206 cm³/mol. The first-order valence-corrected chi connectivity index (χ1v) is 10.1. The molecule has 0 radical (unpaired) electrons. The van der Waals surface area contributed by atoms with Gasteiger partial charge in [-0.25, -0.2) is 14.4 Å². The normalized spacial score (nSPS) is 6.56. The molecule has 0 fully saturated rings. The number of ether oxygens (including phenoxy) is 3. The van der Waals surface area contributed by atoms with Gasteiger partial charge in [0.05, 0.1) is 22.3 Å². The molecule has 12 heteroatoms. The van der Waals surface area contributed by atoms with Gasteiger partial charge in [-0.15, -0.1) is 0 Å². The highest BCUT2D eigenvalue weighted by Gasteiger charge is 2.04. The van der Waals surface area contributed by atoms with Crippen LogP contribution in [0, 0.1) is 0 Å². The Balaban J connectivity index is -0.0000000149. The van der Waals surface area contributed by atoms with E-state index in [-0.39, 0.29) is 154 Å². The van der Waals surface area contributed by atoms with Gasteiger partial charge in [0.1, 0.15) is 13.1 Å². The number of esters is 3.